The van der Waals surface area contributed by atoms with Gasteiger partial charge in [-0.2, -0.15) is 5.26 Å². The van der Waals surface area contributed by atoms with Crippen LogP contribution in [0.5, 0.6) is 0 Å². The molecular formula is C18H25F2N3O2. The molecule has 25 heavy (non-hydrogen) atoms. The summed E-state index contributed by atoms with van der Waals surface area (Å²) >= 11 is 0. The summed E-state index contributed by atoms with van der Waals surface area (Å²) in [6.07, 6.45) is 4.49. The Hall–Kier alpha value is -1.52. The normalized spacial score (nSPS) is 32.2. The summed E-state index contributed by atoms with van der Waals surface area (Å²) in [6, 6.07) is 2.03. The van der Waals surface area contributed by atoms with E-state index in [0.717, 1.165) is 25.7 Å². The minimum atomic E-state index is -2.73. The van der Waals surface area contributed by atoms with Crippen LogP contribution in [0.2, 0.25) is 0 Å². The average Bonchev–Trinajstić information content (AvgIpc) is 3.23. The van der Waals surface area contributed by atoms with Gasteiger partial charge in [0.15, 0.2) is 0 Å². The number of hydrogen-bond donors (Lipinski definition) is 1. The Morgan fingerprint density at radius 2 is 2.00 bits per heavy atom. The maximum Gasteiger partial charge on any atom is 0.265 e. The van der Waals surface area contributed by atoms with Gasteiger partial charge >= 0.3 is 0 Å². The van der Waals surface area contributed by atoms with Crippen molar-refractivity contribution in [3.05, 3.63) is 11.6 Å². The molecule has 3 fully saturated rings. The summed E-state index contributed by atoms with van der Waals surface area (Å²) < 4.78 is 27.1. The molecule has 1 N–H and O–H groups in total. The number of halogens is 2. The molecule has 0 aromatic rings. The zero-order valence-electron chi connectivity index (χ0n) is 14.8. The third kappa shape index (κ3) is 3.06. The molecule has 0 aliphatic carbocycles. The minimum absolute atomic E-state index is 0.0214. The van der Waals surface area contributed by atoms with Gasteiger partial charge in [0.05, 0.1) is 18.7 Å². The van der Waals surface area contributed by atoms with Gasteiger partial charge in [-0.25, -0.2) is 8.78 Å². The molecule has 0 saturated carbocycles. The molecule has 3 heterocycles. The highest BCUT2D eigenvalue weighted by Crippen LogP contribution is 2.46. The van der Waals surface area contributed by atoms with Crippen LogP contribution in [0.3, 0.4) is 0 Å². The van der Waals surface area contributed by atoms with Gasteiger partial charge in [-0.3, -0.25) is 9.69 Å². The van der Waals surface area contributed by atoms with Gasteiger partial charge in [0.2, 0.25) is 0 Å². The molecule has 0 atom stereocenters. The second kappa shape index (κ2) is 6.03. The maximum atomic E-state index is 13.5. The molecule has 0 aromatic carbocycles. The van der Waals surface area contributed by atoms with Crippen molar-refractivity contribution >= 4 is 5.91 Å². The Labute approximate surface area is 146 Å². The molecule has 3 aliphatic heterocycles. The van der Waals surface area contributed by atoms with Crippen molar-refractivity contribution in [2.24, 2.45) is 0 Å². The molecule has 3 rings (SSSR count). The molecule has 3 saturated heterocycles. The number of amides is 1. The second-order valence-corrected chi connectivity index (χ2v) is 8.14. The van der Waals surface area contributed by atoms with E-state index in [2.05, 4.69) is 0 Å². The van der Waals surface area contributed by atoms with E-state index in [4.69, 9.17) is 0 Å². The van der Waals surface area contributed by atoms with Crippen molar-refractivity contribution in [3.8, 4) is 6.07 Å². The fraction of sp³-hybridized carbons (Fsp3) is 0.778. The Balaban J connectivity index is 1.84. The lowest BCUT2D eigenvalue weighted by Gasteiger charge is -2.35. The fourth-order valence-corrected chi connectivity index (χ4v) is 4.59. The number of carbonyl (C=O) groups is 1. The highest BCUT2D eigenvalue weighted by atomic mass is 19.3. The largest absolute Gasteiger partial charge is 0.394 e. The second-order valence-electron chi connectivity index (χ2n) is 8.14. The zero-order chi connectivity index (χ0) is 18.5. The van der Waals surface area contributed by atoms with E-state index in [1.165, 1.54) is 6.08 Å². The lowest BCUT2D eigenvalue weighted by Crippen LogP contribution is -2.49. The van der Waals surface area contributed by atoms with Crippen LogP contribution in [0.15, 0.2) is 11.6 Å². The standard InChI is InChI=1S/C18H25F2N3O2/c1-16(2,22-8-7-18(19,20)11-22)9-13(10-21)15(25)23-14-3-5-17(23,12-24)6-4-14/h9,14,24H,3-8,11-12H2,1-2H3/b13-9-. The number of hydrogen-bond acceptors (Lipinski definition) is 4. The molecule has 0 spiro atoms. The van der Waals surface area contributed by atoms with E-state index in [0.29, 0.717) is 0 Å². The van der Waals surface area contributed by atoms with Gasteiger partial charge in [-0.05, 0) is 45.6 Å². The first-order chi connectivity index (χ1) is 11.6. The predicted molar refractivity (Wildman–Crippen MR) is 87.8 cm³/mol. The van der Waals surface area contributed by atoms with Crippen molar-refractivity contribution in [1.29, 1.82) is 5.26 Å². The predicted octanol–water partition coefficient (Wildman–Crippen LogP) is 2.07. The number of fused-ring (bicyclic) bond motifs is 2. The third-order valence-corrected chi connectivity index (χ3v) is 6.11. The summed E-state index contributed by atoms with van der Waals surface area (Å²) in [5.74, 6) is -3.10. The number of aliphatic hydroxyl groups is 1. The molecule has 3 aliphatic rings. The van der Waals surface area contributed by atoms with E-state index in [1.807, 2.05) is 6.07 Å². The van der Waals surface area contributed by atoms with E-state index in [1.54, 1.807) is 23.6 Å². The Kier molecular flexibility index (Phi) is 4.41. The quantitative estimate of drug-likeness (QED) is 0.621. The van der Waals surface area contributed by atoms with Gasteiger partial charge in [0, 0.05) is 24.5 Å². The first-order valence-electron chi connectivity index (χ1n) is 8.85. The number of carbonyl (C=O) groups excluding carboxylic acids is 1. The van der Waals surface area contributed by atoms with Crippen molar-refractivity contribution in [2.75, 3.05) is 19.7 Å². The van der Waals surface area contributed by atoms with Crippen molar-refractivity contribution in [1.82, 2.24) is 9.80 Å². The maximum absolute atomic E-state index is 13.5. The number of aliphatic hydroxyl groups excluding tert-OH is 1. The first-order valence-corrected chi connectivity index (χ1v) is 8.85. The van der Waals surface area contributed by atoms with E-state index < -0.39 is 17.0 Å². The number of alkyl halides is 2. The molecule has 2 bridgehead atoms. The van der Waals surface area contributed by atoms with Crippen LogP contribution in [0, 0.1) is 11.3 Å². The highest BCUT2D eigenvalue weighted by molar-refractivity contribution is 5.98. The molecule has 7 heteroatoms. The van der Waals surface area contributed by atoms with Crippen molar-refractivity contribution < 1.29 is 18.7 Å². The highest BCUT2D eigenvalue weighted by Gasteiger charge is 2.54. The lowest BCUT2D eigenvalue weighted by molar-refractivity contribution is -0.132. The van der Waals surface area contributed by atoms with Crippen LogP contribution in [-0.4, -0.2) is 63.6 Å². The van der Waals surface area contributed by atoms with Gasteiger partial charge in [0.1, 0.15) is 11.6 Å². The van der Waals surface area contributed by atoms with Gasteiger partial charge in [0.25, 0.3) is 11.8 Å². The van der Waals surface area contributed by atoms with Crippen molar-refractivity contribution in [3.63, 3.8) is 0 Å². The van der Waals surface area contributed by atoms with Crippen LogP contribution in [0.25, 0.3) is 0 Å². The molecule has 0 radical (unpaired) electrons. The smallest absolute Gasteiger partial charge is 0.265 e. The van der Waals surface area contributed by atoms with Crippen LogP contribution < -0.4 is 0 Å². The molecule has 1 amide bonds. The summed E-state index contributed by atoms with van der Waals surface area (Å²) in [7, 11) is 0. The van der Waals surface area contributed by atoms with Crippen LogP contribution in [-0.2, 0) is 4.79 Å². The molecular weight excluding hydrogens is 328 g/mol. The average molecular weight is 353 g/mol. The molecule has 0 aromatic heterocycles. The zero-order valence-corrected chi connectivity index (χ0v) is 14.8. The summed E-state index contributed by atoms with van der Waals surface area (Å²) in [5.41, 5.74) is -1.39. The van der Waals surface area contributed by atoms with Crippen LogP contribution in [0.4, 0.5) is 8.78 Å². The Bertz CT molecular complexity index is 631. The number of nitrogens with zero attached hydrogens (tertiary/aromatic N) is 3. The molecule has 5 nitrogen and oxygen atoms in total. The number of rotatable bonds is 4. The fourth-order valence-electron chi connectivity index (χ4n) is 4.59. The minimum Gasteiger partial charge on any atom is -0.394 e. The van der Waals surface area contributed by atoms with Crippen LogP contribution >= 0.6 is 0 Å². The van der Waals surface area contributed by atoms with E-state index in [-0.39, 0.29) is 43.6 Å². The number of likely N-dealkylation sites (tertiary alicyclic amines) is 1. The SMILES string of the molecule is CC(C)(/C=C(/C#N)C(=O)N1C2CCC1(CO)CC2)N1CCC(F)(F)C1. The Morgan fingerprint density at radius 1 is 1.36 bits per heavy atom. The van der Waals surface area contributed by atoms with E-state index in [9.17, 15) is 23.9 Å². The Morgan fingerprint density at radius 3 is 2.48 bits per heavy atom. The lowest BCUT2D eigenvalue weighted by atomic mass is 9.88. The van der Waals surface area contributed by atoms with E-state index >= 15 is 0 Å². The van der Waals surface area contributed by atoms with Crippen molar-refractivity contribution in [2.45, 2.75) is 69.0 Å². The first kappa shape index (κ1) is 18.3. The topological polar surface area (TPSA) is 67.6 Å². The van der Waals surface area contributed by atoms with Crippen LogP contribution in [0.1, 0.15) is 46.0 Å². The molecule has 0 unspecified atom stereocenters. The summed E-state index contributed by atoms with van der Waals surface area (Å²) in [4.78, 5) is 16.3. The van der Waals surface area contributed by atoms with Gasteiger partial charge in [-0.15, -0.1) is 0 Å². The summed E-state index contributed by atoms with van der Waals surface area (Å²) in [6.45, 7) is 3.27. The number of nitriles is 1. The van der Waals surface area contributed by atoms with Gasteiger partial charge in [-0.1, -0.05) is 0 Å². The van der Waals surface area contributed by atoms with Gasteiger partial charge < -0.3 is 10.0 Å². The third-order valence-electron chi connectivity index (χ3n) is 6.11. The monoisotopic (exact) mass is 353 g/mol. The summed E-state index contributed by atoms with van der Waals surface area (Å²) in [5, 5.41) is 19.3. The molecule has 138 valence electrons.